The van der Waals surface area contributed by atoms with Gasteiger partial charge in [0.15, 0.2) is 6.61 Å². The van der Waals surface area contributed by atoms with Crippen molar-refractivity contribution < 1.29 is 19.1 Å². The molecule has 6 heteroatoms. The molecule has 1 N–H and O–H groups in total. The lowest BCUT2D eigenvalue weighted by Crippen LogP contribution is -2.45. The Labute approximate surface area is 146 Å². The maximum atomic E-state index is 12.3. The molecule has 2 amide bonds. The van der Waals surface area contributed by atoms with Crippen LogP contribution in [-0.4, -0.2) is 32.1 Å². The number of nitrogens with zero attached hydrogens (tertiary/aromatic N) is 1. The minimum atomic E-state index is -0.232. The van der Waals surface area contributed by atoms with Gasteiger partial charge in [-0.2, -0.15) is 0 Å². The Morgan fingerprint density at radius 3 is 2.92 bits per heavy atom. The predicted molar refractivity (Wildman–Crippen MR) is 93.9 cm³/mol. The summed E-state index contributed by atoms with van der Waals surface area (Å²) in [4.78, 5) is 25.9. The van der Waals surface area contributed by atoms with Crippen LogP contribution in [-0.2, 0) is 16.1 Å². The number of fused-ring (bicyclic) bond motifs is 1. The van der Waals surface area contributed by atoms with E-state index in [1.165, 1.54) is 4.90 Å². The highest BCUT2D eigenvalue weighted by molar-refractivity contribution is 6.02. The molecule has 0 fully saturated rings. The third-order valence-corrected chi connectivity index (χ3v) is 3.98. The van der Waals surface area contributed by atoms with Crippen LogP contribution < -0.4 is 19.7 Å². The van der Waals surface area contributed by atoms with Gasteiger partial charge in [0.05, 0.1) is 12.8 Å². The molecule has 2 aromatic rings. The van der Waals surface area contributed by atoms with Crippen LogP contribution >= 0.6 is 0 Å². The third kappa shape index (κ3) is 3.91. The van der Waals surface area contributed by atoms with E-state index >= 15 is 0 Å². The predicted octanol–water partition coefficient (Wildman–Crippen LogP) is 2.05. The van der Waals surface area contributed by atoms with E-state index in [2.05, 4.69) is 5.32 Å². The first-order valence-corrected chi connectivity index (χ1v) is 8.00. The molecule has 1 aliphatic rings. The first-order valence-electron chi connectivity index (χ1n) is 8.00. The molecule has 0 atom stereocenters. The molecule has 2 aromatic carbocycles. The molecule has 0 saturated heterocycles. The molecule has 0 unspecified atom stereocenters. The molecule has 3 rings (SSSR count). The monoisotopic (exact) mass is 340 g/mol. The normalized spacial score (nSPS) is 13.0. The number of rotatable bonds is 5. The minimum absolute atomic E-state index is 0.0395. The Hall–Kier alpha value is -3.02. The van der Waals surface area contributed by atoms with Crippen molar-refractivity contribution in [2.24, 2.45) is 0 Å². The zero-order valence-corrected chi connectivity index (χ0v) is 14.2. The van der Waals surface area contributed by atoms with Gasteiger partial charge in [0, 0.05) is 6.54 Å². The first kappa shape index (κ1) is 16.8. The highest BCUT2D eigenvalue weighted by atomic mass is 16.5. The lowest BCUT2D eigenvalue weighted by atomic mass is 10.1. The molecule has 1 aliphatic heterocycles. The molecule has 0 saturated carbocycles. The average molecular weight is 340 g/mol. The number of benzene rings is 2. The first-order chi connectivity index (χ1) is 12.1. The highest BCUT2D eigenvalue weighted by Gasteiger charge is 2.27. The molecule has 130 valence electrons. The number of hydrogen-bond donors (Lipinski definition) is 1. The molecule has 0 spiro atoms. The number of aryl methyl sites for hydroxylation is 1. The maximum absolute atomic E-state index is 12.3. The van der Waals surface area contributed by atoms with Crippen molar-refractivity contribution in [3.8, 4) is 11.5 Å². The number of carbonyl (C=O) groups is 2. The fourth-order valence-corrected chi connectivity index (χ4v) is 2.67. The minimum Gasteiger partial charge on any atom is -0.497 e. The van der Waals surface area contributed by atoms with Crippen LogP contribution in [0.5, 0.6) is 11.5 Å². The van der Waals surface area contributed by atoms with Gasteiger partial charge >= 0.3 is 0 Å². The van der Waals surface area contributed by atoms with Gasteiger partial charge in [-0.25, -0.2) is 0 Å². The van der Waals surface area contributed by atoms with Crippen LogP contribution in [0.2, 0.25) is 0 Å². The van der Waals surface area contributed by atoms with E-state index in [0.29, 0.717) is 18.0 Å². The van der Waals surface area contributed by atoms with Gasteiger partial charge in [0.1, 0.15) is 18.0 Å². The lowest BCUT2D eigenvalue weighted by Gasteiger charge is -2.29. The second kappa shape index (κ2) is 7.25. The Morgan fingerprint density at radius 1 is 1.28 bits per heavy atom. The summed E-state index contributed by atoms with van der Waals surface area (Å²) in [6, 6.07) is 13.0. The zero-order chi connectivity index (χ0) is 17.8. The molecule has 25 heavy (non-hydrogen) atoms. The summed E-state index contributed by atoms with van der Waals surface area (Å²) in [7, 11) is 1.60. The van der Waals surface area contributed by atoms with E-state index in [9.17, 15) is 9.59 Å². The topological polar surface area (TPSA) is 67.9 Å². The number of anilines is 1. The maximum Gasteiger partial charge on any atom is 0.265 e. The molecule has 0 aliphatic carbocycles. The summed E-state index contributed by atoms with van der Waals surface area (Å²) >= 11 is 0. The van der Waals surface area contributed by atoms with Crippen molar-refractivity contribution >= 4 is 17.5 Å². The van der Waals surface area contributed by atoms with Crippen molar-refractivity contribution in [2.45, 2.75) is 13.5 Å². The molecular formula is C19H20N2O4. The molecule has 0 bridgehead atoms. The van der Waals surface area contributed by atoms with Gasteiger partial charge in [-0.15, -0.1) is 0 Å². The van der Waals surface area contributed by atoms with Crippen molar-refractivity contribution in [3.05, 3.63) is 53.6 Å². The average Bonchev–Trinajstić information content (AvgIpc) is 2.62. The van der Waals surface area contributed by atoms with Gasteiger partial charge in [0.2, 0.25) is 5.91 Å². The van der Waals surface area contributed by atoms with Gasteiger partial charge in [0.25, 0.3) is 5.91 Å². The van der Waals surface area contributed by atoms with E-state index in [4.69, 9.17) is 9.47 Å². The lowest BCUT2D eigenvalue weighted by molar-refractivity contribution is -0.125. The van der Waals surface area contributed by atoms with Crippen LogP contribution in [0.25, 0.3) is 0 Å². The van der Waals surface area contributed by atoms with Crippen LogP contribution in [0.1, 0.15) is 11.1 Å². The summed E-state index contributed by atoms with van der Waals surface area (Å²) < 4.78 is 10.6. The fourth-order valence-electron chi connectivity index (χ4n) is 2.67. The highest BCUT2D eigenvalue weighted by Crippen LogP contribution is 2.32. The second-order valence-corrected chi connectivity index (χ2v) is 5.87. The molecule has 1 heterocycles. The summed E-state index contributed by atoms with van der Waals surface area (Å²) in [5.74, 6) is 0.900. The van der Waals surface area contributed by atoms with E-state index in [-0.39, 0.29) is 25.0 Å². The van der Waals surface area contributed by atoms with E-state index < -0.39 is 0 Å². The second-order valence-electron chi connectivity index (χ2n) is 5.87. The van der Waals surface area contributed by atoms with E-state index in [0.717, 1.165) is 16.9 Å². The zero-order valence-electron chi connectivity index (χ0n) is 14.2. The summed E-state index contributed by atoms with van der Waals surface area (Å²) in [5, 5.41) is 2.83. The smallest absolute Gasteiger partial charge is 0.265 e. The van der Waals surface area contributed by atoms with Gasteiger partial charge < -0.3 is 14.8 Å². The van der Waals surface area contributed by atoms with Crippen molar-refractivity contribution in [2.75, 3.05) is 25.2 Å². The summed E-state index contributed by atoms with van der Waals surface area (Å²) in [6.07, 6.45) is 0. The van der Waals surface area contributed by atoms with Crippen LogP contribution in [0.4, 0.5) is 5.69 Å². The van der Waals surface area contributed by atoms with Gasteiger partial charge in [-0.3, -0.25) is 14.5 Å². The Kier molecular flexibility index (Phi) is 4.88. The third-order valence-electron chi connectivity index (χ3n) is 3.98. The Bertz CT molecular complexity index is 804. The largest absolute Gasteiger partial charge is 0.497 e. The van der Waals surface area contributed by atoms with Gasteiger partial charge in [-0.1, -0.05) is 18.2 Å². The molecular weight excluding hydrogens is 320 g/mol. The summed E-state index contributed by atoms with van der Waals surface area (Å²) in [5.41, 5.74) is 2.59. The number of ether oxygens (including phenoxy) is 2. The number of hydrogen-bond acceptors (Lipinski definition) is 4. The van der Waals surface area contributed by atoms with E-state index in [1.807, 2.05) is 43.3 Å². The number of nitrogens with one attached hydrogen (secondary N) is 1. The molecule has 6 nitrogen and oxygen atoms in total. The van der Waals surface area contributed by atoms with Crippen LogP contribution in [0.15, 0.2) is 42.5 Å². The number of amides is 2. The van der Waals surface area contributed by atoms with Crippen molar-refractivity contribution in [3.63, 3.8) is 0 Å². The quantitative estimate of drug-likeness (QED) is 0.904. The molecule has 0 aromatic heterocycles. The Balaban J connectivity index is 1.65. The number of methoxy groups -OCH3 is 1. The molecule has 0 radical (unpaired) electrons. The van der Waals surface area contributed by atoms with Crippen molar-refractivity contribution in [1.29, 1.82) is 0 Å². The Morgan fingerprint density at radius 2 is 2.12 bits per heavy atom. The van der Waals surface area contributed by atoms with Crippen molar-refractivity contribution in [1.82, 2.24) is 5.32 Å². The standard InChI is InChI=1S/C19H20N2O4/c1-13-6-7-16-17(8-13)25-12-19(23)21(16)11-18(22)20-10-14-4-3-5-15(9-14)24-2/h3-9H,10-12H2,1-2H3,(H,20,22). The summed E-state index contributed by atoms with van der Waals surface area (Å²) in [6.45, 7) is 2.22. The van der Waals surface area contributed by atoms with Crippen LogP contribution in [0.3, 0.4) is 0 Å². The van der Waals surface area contributed by atoms with E-state index in [1.54, 1.807) is 13.2 Å². The van der Waals surface area contributed by atoms with Gasteiger partial charge in [-0.05, 0) is 42.3 Å². The fraction of sp³-hybridized carbons (Fsp3) is 0.263. The SMILES string of the molecule is COc1cccc(CNC(=O)CN2C(=O)COc3cc(C)ccc32)c1. The number of carbonyl (C=O) groups excluding carboxylic acids is 2. The van der Waals surface area contributed by atoms with Crippen LogP contribution in [0, 0.1) is 6.92 Å².